The quantitative estimate of drug-likeness (QED) is 0.282. The van der Waals surface area contributed by atoms with Crippen LogP contribution in [0.1, 0.15) is 29.5 Å². The van der Waals surface area contributed by atoms with Crippen LogP contribution in [0.15, 0.2) is 121 Å². The molecule has 4 heteroatoms. The first-order valence-electron chi connectivity index (χ1n) is 11.3. The van der Waals surface area contributed by atoms with Gasteiger partial charge in [0.15, 0.2) is 0 Å². The second kappa shape index (κ2) is 11.4. The van der Waals surface area contributed by atoms with Gasteiger partial charge in [0.2, 0.25) is 0 Å². The summed E-state index contributed by atoms with van der Waals surface area (Å²) < 4.78 is 4.54. The second-order valence-electron chi connectivity index (χ2n) is 8.49. The summed E-state index contributed by atoms with van der Waals surface area (Å²) in [4.78, 5) is 0. The number of hydrogen-bond acceptors (Lipinski definition) is 0. The van der Waals surface area contributed by atoms with Crippen LogP contribution in [0.3, 0.4) is 0 Å². The van der Waals surface area contributed by atoms with Gasteiger partial charge in [-0.1, -0.05) is 0 Å². The van der Waals surface area contributed by atoms with Crippen molar-refractivity contribution in [3.63, 3.8) is 0 Å². The van der Waals surface area contributed by atoms with Crippen molar-refractivity contribution in [2.24, 2.45) is 0 Å². The number of allylic oxidation sites excluding steroid dienone is 2. The Morgan fingerprint density at radius 3 is 1.29 bits per heavy atom. The molecule has 0 bridgehead atoms. The molecule has 0 saturated heterocycles. The van der Waals surface area contributed by atoms with Gasteiger partial charge in [-0.25, -0.2) is 0 Å². The average molecular weight is 619 g/mol. The molecule has 0 heterocycles. The molecule has 0 radical (unpaired) electrons. The Bertz CT molecular complexity index is 1270. The molecular formula is C30H24Cl2GeZr. The molecule has 2 aliphatic rings. The van der Waals surface area contributed by atoms with E-state index in [0.717, 1.165) is 0 Å². The third-order valence-corrected chi connectivity index (χ3v) is 40.0. The Morgan fingerprint density at radius 1 is 0.471 bits per heavy atom. The largest absolute Gasteiger partial charge is 1.00 e. The van der Waals surface area contributed by atoms with E-state index in [-0.39, 0.29) is 24.8 Å². The van der Waals surface area contributed by atoms with Crippen LogP contribution in [0.2, 0.25) is 0 Å². The maximum atomic E-state index is 2.58. The summed E-state index contributed by atoms with van der Waals surface area (Å²) in [5.41, 5.74) is 6.03. The van der Waals surface area contributed by atoms with E-state index in [1.165, 1.54) is 11.1 Å². The molecule has 6 rings (SSSR count). The Morgan fingerprint density at radius 2 is 0.853 bits per heavy atom. The summed E-state index contributed by atoms with van der Waals surface area (Å²) in [6.07, 6.45) is 9.95. The molecule has 0 aliphatic heterocycles. The van der Waals surface area contributed by atoms with Crippen LogP contribution in [0.4, 0.5) is 0 Å². The molecule has 2 unspecified atom stereocenters. The summed E-state index contributed by atoms with van der Waals surface area (Å²) in [5.74, 6) is 0. The van der Waals surface area contributed by atoms with E-state index in [9.17, 15) is 0 Å². The zero-order valence-corrected chi connectivity index (χ0v) is 24.7. The number of fused-ring (bicyclic) bond motifs is 2. The third kappa shape index (κ3) is 4.74. The maximum absolute atomic E-state index is 2.58. The molecule has 0 saturated carbocycles. The molecule has 2 aliphatic carbocycles. The second-order valence-corrected chi connectivity index (χ2v) is 31.3. The third-order valence-electron chi connectivity index (χ3n) is 6.68. The van der Waals surface area contributed by atoms with Crippen LogP contribution in [0.25, 0.3) is 12.2 Å². The average Bonchev–Trinajstić information content (AvgIpc) is 3.48. The normalized spacial score (nSPS) is 16.4. The van der Waals surface area contributed by atoms with Gasteiger partial charge in [0, 0.05) is 0 Å². The standard InChI is InChI=1S/C12H10Ge.2C9H7.2ClH.Zr/c1-3-7-11(8-4-1)13-12-9-5-2-6-10-12;2*1-2-5-9-7-3-6-8(9)4-1;;;/h1-10H;2*1-7H;2*1H;/q;;;;;+2/p-2. The fraction of sp³-hybridized carbons (Fsp3) is 0.0667. The van der Waals surface area contributed by atoms with Gasteiger partial charge in [-0.2, -0.15) is 0 Å². The topological polar surface area (TPSA) is 0 Å². The molecule has 166 valence electrons. The molecule has 0 N–H and O–H groups in total. The number of rotatable bonds is 4. The summed E-state index contributed by atoms with van der Waals surface area (Å²) in [6, 6.07) is 41.3. The monoisotopic (exact) mass is 618 g/mol. The molecule has 2 atom stereocenters. The van der Waals surface area contributed by atoms with Gasteiger partial charge in [0.25, 0.3) is 0 Å². The van der Waals surface area contributed by atoms with E-state index in [2.05, 4.69) is 133 Å². The van der Waals surface area contributed by atoms with Crippen LogP contribution in [-0.2, 0) is 18.6 Å². The van der Waals surface area contributed by atoms with Gasteiger partial charge in [-0.3, -0.25) is 0 Å². The molecule has 4 aromatic carbocycles. The Hall–Kier alpha value is -1.63. The van der Waals surface area contributed by atoms with Gasteiger partial charge in [-0.05, 0) is 0 Å². The first-order valence-corrected chi connectivity index (χ1v) is 23.7. The zero-order chi connectivity index (χ0) is 21.3. The molecule has 0 amide bonds. The molecule has 0 aromatic heterocycles. The first kappa shape index (κ1) is 25.5. The minimum atomic E-state index is -2.19. The van der Waals surface area contributed by atoms with Crippen molar-refractivity contribution >= 4 is 30.9 Å². The van der Waals surface area contributed by atoms with Crippen LogP contribution in [-0.4, -0.2) is 9.98 Å². The predicted octanol–water partition coefficient (Wildman–Crippen LogP) is -0.0453. The van der Waals surface area contributed by atoms with E-state index < -0.39 is 28.6 Å². The van der Waals surface area contributed by atoms with Gasteiger partial charge in [-0.15, -0.1) is 0 Å². The number of benzene rings is 4. The van der Waals surface area contributed by atoms with Crippen LogP contribution in [0.5, 0.6) is 0 Å². The van der Waals surface area contributed by atoms with Crippen molar-refractivity contribution in [1.29, 1.82) is 0 Å². The van der Waals surface area contributed by atoms with Crippen molar-refractivity contribution in [2.75, 3.05) is 0 Å². The maximum Gasteiger partial charge on any atom is -1.00 e. The Balaban J connectivity index is 0.00000137. The van der Waals surface area contributed by atoms with Crippen molar-refractivity contribution in [3.05, 3.63) is 144 Å². The summed E-state index contributed by atoms with van der Waals surface area (Å²) in [5, 5.41) is 0. The molecule has 0 spiro atoms. The predicted molar refractivity (Wildman–Crippen MR) is 134 cm³/mol. The molecule has 0 nitrogen and oxygen atoms in total. The summed E-state index contributed by atoms with van der Waals surface area (Å²) in [7, 11) is -1.77. The number of halogens is 2. The summed E-state index contributed by atoms with van der Waals surface area (Å²) in [6.45, 7) is 0. The van der Waals surface area contributed by atoms with Crippen LogP contribution >= 0.6 is 0 Å². The first-order chi connectivity index (χ1) is 15.9. The molecule has 34 heavy (non-hydrogen) atoms. The van der Waals surface area contributed by atoms with Gasteiger partial charge >= 0.3 is 200 Å². The van der Waals surface area contributed by atoms with E-state index in [1.54, 1.807) is 19.9 Å². The summed E-state index contributed by atoms with van der Waals surface area (Å²) >= 11 is -2.19. The number of hydrogen-bond donors (Lipinski definition) is 0. The molecule has 0 fully saturated rings. The fourth-order valence-corrected chi connectivity index (χ4v) is 43.2. The van der Waals surface area contributed by atoms with E-state index in [1.807, 2.05) is 0 Å². The minimum Gasteiger partial charge on any atom is -1.00 e. The van der Waals surface area contributed by atoms with Crippen molar-refractivity contribution in [3.8, 4) is 0 Å². The van der Waals surface area contributed by atoms with E-state index >= 15 is 0 Å². The smallest absolute Gasteiger partial charge is 1.00 e. The van der Waals surface area contributed by atoms with Crippen LogP contribution < -0.4 is 33.6 Å². The van der Waals surface area contributed by atoms with Gasteiger partial charge in [0.1, 0.15) is 0 Å². The molecular weight excluding hydrogens is 595 g/mol. The van der Waals surface area contributed by atoms with Crippen molar-refractivity contribution in [1.82, 2.24) is 0 Å². The zero-order valence-electron chi connectivity index (χ0n) is 18.6. The van der Waals surface area contributed by atoms with E-state index in [4.69, 9.17) is 0 Å². The van der Waals surface area contributed by atoms with Crippen LogP contribution in [0, 0.1) is 0 Å². The van der Waals surface area contributed by atoms with Gasteiger partial charge < -0.3 is 24.8 Å². The van der Waals surface area contributed by atoms with Gasteiger partial charge in [0.05, 0.1) is 0 Å². The SMILES string of the molecule is C1=C[CH]([Zr+2]([CH]2C=Cc3ccccc32)=[Ge]([c]2ccccc2)[c]2ccccc2)c2ccccc21.[Cl-].[Cl-]. The minimum absolute atomic E-state index is 0. The van der Waals surface area contributed by atoms with Crippen molar-refractivity contribution < 1.29 is 43.4 Å². The van der Waals surface area contributed by atoms with Crippen molar-refractivity contribution in [2.45, 2.75) is 7.25 Å². The van der Waals surface area contributed by atoms with E-state index in [0.29, 0.717) is 7.25 Å². The Labute approximate surface area is 223 Å². The molecule has 4 aromatic rings. The fourth-order valence-electron chi connectivity index (χ4n) is 5.26. The Kier molecular flexibility index (Phi) is 8.54.